The zero-order chi connectivity index (χ0) is 17.5. The molecule has 0 spiro atoms. The second-order valence-electron chi connectivity index (χ2n) is 5.81. The fraction of sp³-hybridized carbons (Fsp3) is 0.211. The highest BCUT2D eigenvalue weighted by molar-refractivity contribution is 7.88. The van der Waals surface area contributed by atoms with Gasteiger partial charge in [-0.05, 0) is 17.5 Å². The molecule has 0 aliphatic heterocycles. The molecule has 0 fully saturated rings. The van der Waals surface area contributed by atoms with Crippen LogP contribution in [0.1, 0.15) is 29.2 Å². The maximum atomic E-state index is 12.2. The molecule has 1 heterocycles. The van der Waals surface area contributed by atoms with E-state index < -0.39 is 10.0 Å². The Labute approximate surface area is 147 Å². The Kier molecular flexibility index (Phi) is 5.63. The van der Waals surface area contributed by atoms with Gasteiger partial charge in [-0.1, -0.05) is 65.8 Å². The lowest BCUT2D eigenvalue weighted by molar-refractivity contribution is 0.413. The first-order chi connectivity index (χ1) is 12.1. The van der Waals surface area contributed by atoms with Gasteiger partial charge in [0.05, 0.1) is 5.69 Å². The summed E-state index contributed by atoms with van der Waals surface area (Å²) in [5.41, 5.74) is 2.74. The van der Waals surface area contributed by atoms with Crippen molar-refractivity contribution in [3.05, 3.63) is 89.8 Å². The summed E-state index contributed by atoms with van der Waals surface area (Å²) in [4.78, 5) is 0. The lowest BCUT2D eigenvalue weighted by Gasteiger charge is -2.18. The zero-order valence-electron chi connectivity index (χ0n) is 13.7. The quantitative estimate of drug-likeness (QED) is 0.672. The minimum absolute atomic E-state index is 0.136. The van der Waals surface area contributed by atoms with Crippen LogP contribution >= 0.6 is 0 Å². The van der Waals surface area contributed by atoms with Crippen LogP contribution in [-0.2, 0) is 15.8 Å². The van der Waals surface area contributed by atoms with Crippen LogP contribution < -0.4 is 4.72 Å². The number of nitrogens with one attached hydrogen (secondary N) is 1. The first-order valence-corrected chi connectivity index (χ1v) is 9.76. The summed E-state index contributed by atoms with van der Waals surface area (Å²) in [5.74, 6) is -0.0395. The van der Waals surface area contributed by atoms with Gasteiger partial charge in [0.15, 0.2) is 0 Å². The largest absolute Gasteiger partial charge is 0.364 e. The van der Waals surface area contributed by atoms with Crippen molar-refractivity contribution in [1.82, 2.24) is 9.88 Å². The lowest BCUT2D eigenvalue weighted by atomic mass is 9.89. The average molecular weight is 356 g/mol. The molecule has 25 heavy (non-hydrogen) atoms. The van der Waals surface area contributed by atoms with Gasteiger partial charge < -0.3 is 4.52 Å². The molecule has 3 rings (SSSR count). The van der Waals surface area contributed by atoms with Crippen molar-refractivity contribution in [2.45, 2.75) is 18.1 Å². The maximum Gasteiger partial charge on any atom is 0.217 e. The molecule has 130 valence electrons. The van der Waals surface area contributed by atoms with Crippen LogP contribution in [-0.4, -0.2) is 20.1 Å². The van der Waals surface area contributed by atoms with E-state index in [9.17, 15) is 8.42 Å². The Morgan fingerprint density at radius 3 is 2.04 bits per heavy atom. The zero-order valence-corrected chi connectivity index (χ0v) is 14.5. The summed E-state index contributed by atoms with van der Waals surface area (Å²) >= 11 is 0. The molecular formula is C19H20N2O3S. The van der Waals surface area contributed by atoms with Crippen LogP contribution in [0, 0.1) is 0 Å². The van der Waals surface area contributed by atoms with Crippen LogP contribution in [0.5, 0.6) is 0 Å². The van der Waals surface area contributed by atoms with Gasteiger partial charge in [0, 0.05) is 18.5 Å². The molecule has 0 aliphatic carbocycles. The summed E-state index contributed by atoms with van der Waals surface area (Å²) in [6.07, 6.45) is 2.04. The summed E-state index contributed by atoms with van der Waals surface area (Å²) in [6.45, 7) is 0.356. The number of aromatic nitrogens is 1. The Balaban J connectivity index is 1.67. The molecule has 0 atom stereocenters. The van der Waals surface area contributed by atoms with Crippen molar-refractivity contribution in [3.8, 4) is 0 Å². The highest BCUT2D eigenvalue weighted by atomic mass is 32.2. The number of hydrogen-bond donors (Lipinski definition) is 1. The molecule has 3 aromatic rings. The molecule has 6 heteroatoms. The van der Waals surface area contributed by atoms with Crippen LogP contribution in [0.4, 0.5) is 0 Å². The number of nitrogens with zero attached hydrogens (tertiary/aromatic N) is 1. The molecule has 0 bridgehead atoms. The predicted molar refractivity (Wildman–Crippen MR) is 96.5 cm³/mol. The maximum absolute atomic E-state index is 12.2. The highest BCUT2D eigenvalue weighted by Crippen LogP contribution is 2.27. The highest BCUT2D eigenvalue weighted by Gasteiger charge is 2.17. The van der Waals surface area contributed by atoms with Gasteiger partial charge in [-0.3, -0.25) is 0 Å². The molecule has 5 nitrogen and oxygen atoms in total. The van der Waals surface area contributed by atoms with E-state index in [0.29, 0.717) is 18.7 Å². The number of benzene rings is 2. The minimum atomic E-state index is -3.44. The number of rotatable bonds is 8. The van der Waals surface area contributed by atoms with Crippen molar-refractivity contribution < 1.29 is 12.9 Å². The molecule has 1 N–H and O–H groups in total. The SMILES string of the molecule is O=S(=O)(Cc1ccon1)NCCC(c1ccccc1)c1ccccc1. The van der Waals surface area contributed by atoms with Gasteiger partial charge in [0.2, 0.25) is 10.0 Å². The topological polar surface area (TPSA) is 72.2 Å². The minimum Gasteiger partial charge on any atom is -0.364 e. The molecule has 0 aliphatic rings. The van der Waals surface area contributed by atoms with Crippen LogP contribution in [0.15, 0.2) is 77.5 Å². The predicted octanol–water partition coefficient (Wildman–Crippen LogP) is 3.32. The van der Waals surface area contributed by atoms with Gasteiger partial charge >= 0.3 is 0 Å². The molecule has 0 amide bonds. The third-order valence-electron chi connectivity index (χ3n) is 3.99. The van der Waals surface area contributed by atoms with E-state index in [1.807, 2.05) is 36.4 Å². The molecule has 1 aromatic heterocycles. The summed E-state index contributed by atoms with van der Waals surface area (Å²) in [6, 6.07) is 21.8. The Morgan fingerprint density at radius 1 is 0.920 bits per heavy atom. The first-order valence-electron chi connectivity index (χ1n) is 8.10. The summed E-state index contributed by atoms with van der Waals surface area (Å²) < 4.78 is 31.7. The average Bonchev–Trinajstić information content (AvgIpc) is 3.12. The molecule has 0 unspecified atom stereocenters. The van der Waals surface area contributed by atoms with Crippen molar-refractivity contribution in [2.24, 2.45) is 0 Å². The van der Waals surface area contributed by atoms with Crippen molar-refractivity contribution >= 4 is 10.0 Å². The van der Waals surface area contributed by atoms with Gasteiger partial charge in [0.1, 0.15) is 12.0 Å². The fourth-order valence-electron chi connectivity index (χ4n) is 2.81. The Bertz CT molecular complexity index is 824. The van der Waals surface area contributed by atoms with E-state index >= 15 is 0 Å². The van der Waals surface area contributed by atoms with Crippen molar-refractivity contribution in [1.29, 1.82) is 0 Å². The molecular weight excluding hydrogens is 336 g/mol. The van der Waals surface area contributed by atoms with Gasteiger partial charge in [-0.15, -0.1) is 0 Å². The van der Waals surface area contributed by atoms with Crippen LogP contribution in [0.3, 0.4) is 0 Å². The number of hydrogen-bond acceptors (Lipinski definition) is 4. The van der Waals surface area contributed by atoms with E-state index in [0.717, 1.165) is 0 Å². The second kappa shape index (κ2) is 8.09. The molecule has 0 saturated carbocycles. The van der Waals surface area contributed by atoms with Gasteiger partial charge in [-0.2, -0.15) is 0 Å². The van der Waals surface area contributed by atoms with E-state index in [1.54, 1.807) is 6.07 Å². The third-order valence-corrected chi connectivity index (χ3v) is 5.31. The van der Waals surface area contributed by atoms with Crippen LogP contribution in [0.2, 0.25) is 0 Å². The summed E-state index contributed by atoms with van der Waals surface area (Å²) in [5, 5.41) is 3.65. The van der Waals surface area contributed by atoms with Crippen molar-refractivity contribution in [3.63, 3.8) is 0 Å². The first kappa shape index (κ1) is 17.4. The van der Waals surface area contributed by atoms with E-state index in [2.05, 4.69) is 38.7 Å². The second-order valence-corrected chi connectivity index (χ2v) is 7.61. The summed E-state index contributed by atoms with van der Waals surface area (Å²) in [7, 11) is -3.44. The lowest BCUT2D eigenvalue weighted by Crippen LogP contribution is -2.27. The third kappa shape index (κ3) is 5.01. The molecule has 0 saturated heterocycles. The van der Waals surface area contributed by atoms with E-state index in [1.165, 1.54) is 17.4 Å². The van der Waals surface area contributed by atoms with E-state index in [-0.39, 0.29) is 11.7 Å². The Hall–Kier alpha value is -2.44. The molecule has 0 radical (unpaired) electrons. The Morgan fingerprint density at radius 2 is 1.52 bits per heavy atom. The van der Waals surface area contributed by atoms with Gasteiger partial charge in [-0.25, -0.2) is 13.1 Å². The normalized spacial score (nSPS) is 11.7. The van der Waals surface area contributed by atoms with Crippen LogP contribution in [0.25, 0.3) is 0 Å². The monoisotopic (exact) mass is 356 g/mol. The number of sulfonamides is 1. The van der Waals surface area contributed by atoms with Crippen molar-refractivity contribution in [2.75, 3.05) is 6.54 Å². The van der Waals surface area contributed by atoms with E-state index in [4.69, 9.17) is 0 Å². The smallest absolute Gasteiger partial charge is 0.217 e. The van der Waals surface area contributed by atoms with Gasteiger partial charge in [0.25, 0.3) is 0 Å². The fourth-order valence-corrected chi connectivity index (χ4v) is 3.88. The molecule has 2 aromatic carbocycles. The standard InChI is InChI=1S/C19H20N2O3S/c22-25(23,15-18-12-14-24-21-18)20-13-11-19(16-7-3-1-4-8-16)17-9-5-2-6-10-17/h1-10,12,14,19-20H,11,13,15H2.